The van der Waals surface area contributed by atoms with Gasteiger partial charge in [-0.3, -0.25) is 62.3 Å². The SMILES string of the molecule is C/C=C1\NC(=O)[C@H](Cc2ccccc2)NC(=O)[C@@H](C(C)C)NC(=O)[C@@H]([C@H](C)CC)NC(=O)[C@H](NC(=O)[C@H](NC(=O)[C@H](CCCN)NC(=O)[C@H]2CCCN2C(=O)[C@H](NC(=O)[C@@H](NC(=O)[C@@H](NC(=O)[C@H](NC(=O)CC(C)(C)C)C(C)C)[C@@H](C)O)C(C)C)C(C)C)[C@H](C)CC)[C@H](C)OC(=O)[C@H](C(C)C)NC1=O. The van der Waals surface area contributed by atoms with Crippen molar-refractivity contribution >= 4 is 82.8 Å². The minimum atomic E-state index is -1.83. The number of hydrogen-bond donors (Lipinski definition) is 14. The maximum atomic E-state index is 15.0. The van der Waals surface area contributed by atoms with Gasteiger partial charge >= 0.3 is 5.97 Å². The van der Waals surface area contributed by atoms with Crippen LogP contribution in [0.15, 0.2) is 42.1 Å². The number of allylic oxidation sites excluding steroid dienone is 1. The third-order valence-corrected chi connectivity index (χ3v) is 18.8. The van der Waals surface area contributed by atoms with E-state index < -0.39 is 203 Å². The summed E-state index contributed by atoms with van der Waals surface area (Å²) in [5.74, 6) is -15.6. The summed E-state index contributed by atoms with van der Waals surface area (Å²) in [6, 6.07) is -7.71. The van der Waals surface area contributed by atoms with Gasteiger partial charge in [-0.1, -0.05) is 167 Å². The van der Waals surface area contributed by atoms with Crippen LogP contribution in [-0.4, -0.2) is 191 Å². The van der Waals surface area contributed by atoms with Gasteiger partial charge in [-0.25, -0.2) is 4.79 Å². The number of benzene rings is 1. The van der Waals surface area contributed by atoms with Gasteiger partial charge in [0.25, 0.3) is 5.91 Å². The Morgan fingerprint density at radius 3 is 1.68 bits per heavy atom. The highest BCUT2D eigenvalue weighted by Gasteiger charge is 2.45. The van der Waals surface area contributed by atoms with Crippen LogP contribution in [0.25, 0.3) is 0 Å². The van der Waals surface area contributed by atoms with Crippen LogP contribution < -0.4 is 69.5 Å². The first-order valence-electron chi connectivity index (χ1n) is 36.8. The Morgan fingerprint density at radius 1 is 0.635 bits per heavy atom. The van der Waals surface area contributed by atoms with Gasteiger partial charge in [0.15, 0.2) is 0 Å². The largest absolute Gasteiger partial charge is 0.458 e. The molecule has 0 spiro atoms. The molecule has 16 atom stereocenters. The molecule has 0 aliphatic carbocycles. The molecule has 0 radical (unpaired) electrons. The number of aliphatic hydroxyl groups excluding tert-OH is 1. The standard InChI is InChI=1S/C74H122N14O16/c1-21-42(14)57(69(99)87-60-45(17)104-73(103)56(41(12)13)83-61(91)47(23-3)76-63(93)49(35-46-29-25-24-26-30-46)78-65(95)53(38(6)7)80-68(98)58(43(15)22-2)85-71(60)101)84-62(92)48(31-27-33-75)77-64(94)50-32-28-34-88(50)72(102)55(40(10)11)82-67(97)54(39(8)9)81-70(100)59(44(16)89)86-66(96)52(37(4)5)79-51(90)36-74(18,19)20/h23-26,29-30,37-45,48-50,52-60,89H,21-22,27-28,31-36,75H2,1-20H3,(H,76,93)(H,77,94)(H,78,95)(H,79,90)(H,80,98)(H,81,100)(H,82,97)(H,83,91)(H,84,92)(H,85,101)(H,86,96)(H,87,99)/b47-23-/t42-,43-,44-,45+,48+,49+,50-,52-,53-,54+,55-,56+,57-,58-,59+,60-/m1/s1. The summed E-state index contributed by atoms with van der Waals surface area (Å²) in [6.45, 7) is 33.2. The first-order chi connectivity index (χ1) is 48.5. The highest BCUT2D eigenvalue weighted by atomic mass is 16.5. The highest BCUT2D eigenvalue weighted by Crippen LogP contribution is 2.24. The van der Waals surface area contributed by atoms with Gasteiger partial charge < -0.3 is 84.3 Å². The zero-order valence-corrected chi connectivity index (χ0v) is 64.8. The molecule has 104 heavy (non-hydrogen) atoms. The van der Waals surface area contributed by atoms with Crippen LogP contribution in [0.3, 0.4) is 0 Å². The zero-order chi connectivity index (χ0) is 78.9. The molecule has 0 bridgehead atoms. The van der Waals surface area contributed by atoms with Crippen molar-refractivity contribution in [3.63, 3.8) is 0 Å². The number of carbonyl (C=O) groups excluding carboxylic acids is 14. The quantitative estimate of drug-likeness (QED) is 0.0383. The lowest BCUT2D eigenvalue weighted by atomic mass is 9.91. The van der Waals surface area contributed by atoms with E-state index in [9.17, 15) is 62.6 Å². The molecule has 0 saturated carbocycles. The van der Waals surface area contributed by atoms with E-state index in [0.717, 1.165) is 0 Å². The molecule has 15 N–H and O–H groups in total. The van der Waals surface area contributed by atoms with Gasteiger partial charge in [-0.2, -0.15) is 0 Å². The maximum Gasteiger partial charge on any atom is 0.329 e. The summed E-state index contributed by atoms with van der Waals surface area (Å²) in [7, 11) is 0. The number of nitrogens with two attached hydrogens (primary N) is 1. The molecule has 3 rings (SSSR count). The summed E-state index contributed by atoms with van der Waals surface area (Å²) in [5, 5.41) is 43.1. The Kier molecular flexibility index (Phi) is 36.1. The molecule has 2 saturated heterocycles. The number of carbonyl (C=O) groups is 14. The highest BCUT2D eigenvalue weighted by molar-refractivity contribution is 6.03. The summed E-state index contributed by atoms with van der Waals surface area (Å²) >= 11 is 0. The van der Waals surface area contributed by atoms with E-state index in [4.69, 9.17) is 10.5 Å². The third-order valence-electron chi connectivity index (χ3n) is 18.8. The van der Waals surface area contributed by atoms with E-state index in [1.54, 1.807) is 127 Å². The van der Waals surface area contributed by atoms with Crippen molar-refractivity contribution in [2.24, 2.45) is 52.6 Å². The van der Waals surface area contributed by atoms with Crippen molar-refractivity contribution in [1.82, 2.24) is 68.7 Å². The smallest absolute Gasteiger partial charge is 0.329 e. The van der Waals surface area contributed by atoms with Crippen molar-refractivity contribution in [1.29, 1.82) is 0 Å². The van der Waals surface area contributed by atoms with Gasteiger partial charge in [-0.15, -0.1) is 0 Å². The Balaban J connectivity index is 2.01. The number of nitrogens with one attached hydrogen (secondary N) is 12. The Labute approximate surface area is 613 Å². The van der Waals surface area contributed by atoms with Crippen LogP contribution in [0.4, 0.5) is 0 Å². The summed E-state index contributed by atoms with van der Waals surface area (Å²) in [6.07, 6.45) is -0.484. The normalized spacial score (nSPS) is 22.8. The summed E-state index contributed by atoms with van der Waals surface area (Å²) in [5.41, 5.74) is 5.95. The molecular formula is C74H122N14O16. The minimum absolute atomic E-state index is 0.0358. The van der Waals surface area contributed by atoms with Crippen molar-refractivity contribution in [2.45, 2.75) is 275 Å². The Morgan fingerprint density at radius 2 is 1.16 bits per heavy atom. The molecule has 2 fully saturated rings. The fourth-order valence-corrected chi connectivity index (χ4v) is 11.9. The molecule has 2 aliphatic rings. The molecule has 0 aromatic heterocycles. The van der Waals surface area contributed by atoms with Crippen LogP contribution in [0.5, 0.6) is 0 Å². The monoisotopic (exact) mass is 1460 g/mol. The lowest BCUT2D eigenvalue weighted by Gasteiger charge is -2.34. The number of ether oxygens (including phenoxy) is 1. The molecule has 2 heterocycles. The van der Waals surface area contributed by atoms with Gasteiger partial charge in [0.2, 0.25) is 70.9 Å². The van der Waals surface area contributed by atoms with Crippen molar-refractivity contribution in [3.8, 4) is 0 Å². The molecule has 2 aliphatic heterocycles. The number of amides is 13. The van der Waals surface area contributed by atoms with Crippen molar-refractivity contribution < 1.29 is 77.0 Å². The molecular weight excluding hydrogens is 1340 g/mol. The molecule has 0 unspecified atom stereocenters. The van der Waals surface area contributed by atoms with Gasteiger partial charge in [0.1, 0.15) is 84.3 Å². The number of nitrogens with zero attached hydrogens (tertiary/aromatic N) is 1. The summed E-state index contributed by atoms with van der Waals surface area (Å²) < 4.78 is 5.96. The lowest BCUT2D eigenvalue weighted by molar-refractivity contribution is -0.157. The molecule has 30 heteroatoms. The zero-order valence-electron chi connectivity index (χ0n) is 64.8. The fourth-order valence-electron chi connectivity index (χ4n) is 11.9. The van der Waals surface area contributed by atoms with Crippen LogP contribution in [0.2, 0.25) is 0 Å². The van der Waals surface area contributed by atoms with Crippen LogP contribution in [0.1, 0.15) is 189 Å². The summed E-state index contributed by atoms with van der Waals surface area (Å²) in [4.78, 5) is 202. The van der Waals surface area contributed by atoms with E-state index in [0.29, 0.717) is 18.4 Å². The van der Waals surface area contributed by atoms with Gasteiger partial charge in [0, 0.05) is 19.4 Å². The minimum Gasteiger partial charge on any atom is -0.458 e. The first kappa shape index (κ1) is 89.7. The molecule has 584 valence electrons. The second-order valence-electron chi connectivity index (χ2n) is 30.6. The van der Waals surface area contributed by atoms with Crippen molar-refractivity contribution in [3.05, 3.63) is 47.7 Å². The predicted octanol–water partition coefficient (Wildman–Crippen LogP) is 1.45. The van der Waals surface area contributed by atoms with Gasteiger partial charge in [0.05, 0.1) is 6.10 Å². The lowest BCUT2D eigenvalue weighted by Crippen LogP contribution is -2.64. The Bertz CT molecular complexity index is 3170. The fraction of sp³-hybridized carbons (Fsp3) is 0.703. The molecule has 1 aromatic rings. The average molecular weight is 1460 g/mol. The first-order valence-corrected chi connectivity index (χ1v) is 36.8. The molecule has 13 amide bonds. The molecule has 1 aromatic carbocycles. The predicted molar refractivity (Wildman–Crippen MR) is 391 cm³/mol. The number of esters is 1. The Hall–Kier alpha value is -8.54. The van der Waals surface area contributed by atoms with Gasteiger partial charge in [-0.05, 0) is 105 Å². The average Bonchev–Trinajstić information content (AvgIpc) is 1.57. The third kappa shape index (κ3) is 26.9. The number of aliphatic hydroxyl groups is 1. The topological polar surface area (TPSA) is 442 Å². The number of rotatable bonds is 30. The number of likely N-dealkylation sites (tertiary alicyclic amines) is 1. The van der Waals surface area contributed by atoms with E-state index in [2.05, 4.69) is 63.8 Å². The second kappa shape index (κ2) is 41.8. The van der Waals surface area contributed by atoms with Crippen LogP contribution in [-0.2, 0) is 78.3 Å². The molecule has 30 nitrogen and oxygen atoms in total. The number of cyclic esters (lactones) is 1. The van der Waals surface area contributed by atoms with E-state index in [1.807, 2.05) is 20.8 Å². The van der Waals surface area contributed by atoms with Crippen LogP contribution >= 0.6 is 0 Å². The van der Waals surface area contributed by atoms with Crippen molar-refractivity contribution in [2.75, 3.05) is 13.1 Å². The maximum absolute atomic E-state index is 15.0. The number of hydrogen-bond acceptors (Lipinski definition) is 17. The van der Waals surface area contributed by atoms with E-state index >= 15 is 9.59 Å². The van der Waals surface area contributed by atoms with E-state index in [1.165, 1.54) is 31.7 Å². The second-order valence-corrected chi connectivity index (χ2v) is 30.6. The van der Waals surface area contributed by atoms with E-state index in [-0.39, 0.29) is 68.6 Å². The van der Waals surface area contributed by atoms with Crippen LogP contribution in [0, 0.1) is 46.8 Å².